The third-order valence-corrected chi connectivity index (χ3v) is 5.83. The number of nitrogens with one attached hydrogen (secondary N) is 2. The van der Waals surface area contributed by atoms with Crippen molar-refractivity contribution in [3.05, 3.63) is 59.7 Å². The topological polar surface area (TPSA) is 105 Å². The van der Waals surface area contributed by atoms with Crippen LogP contribution in [0.25, 0.3) is 11.1 Å². The van der Waals surface area contributed by atoms with E-state index in [1.807, 2.05) is 55.5 Å². The van der Waals surface area contributed by atoms with Gasteiger partial charge in [-0.15, -0.1) is 0 Å². The van der Waals surface area contributed by atoms with E-state index in [0.29, 0.717) is 6.42 Å². The summed E-state index contributed by atoms with van der Waals surface area (Å²) in [4.78, 5) is 36.3. The van der Waals surface area contributed by atoms with E-state index in [9.17, 15) is 23.2 Å². The lowest BCUT2D eigenvalue weighted by molar-refractivity contribution is -0.143. The van der Waals surface area contributed by atoms with Gasteiger partial charge in [0.2, 0.25) is 12.3 Å². The van der Waals surface area contributed by atoms with Gasteiger partial charge < -0.3 is 20.5 Å². The van der Waals surface area contributed by atoms with E-state index in [1.54, 1.807) is 0 Å². The fraction of sp³-hybridized carbons (Fsp3) is 0.400. The molecule has 0 bridgehead atoms. The predicted molar refractivity (Wildman–Crippen MR) is 122 cm³/mol. The minimum Gasteiger partial charge on any atom is -0.480 e. The molecule has 2 aromatic carbocycles. The van der Waals surface area contributed by atoms with Crippen LogP contribution in [0, 0.1) is 0 Å². The highest BCUT2D eigenvalue weighted by Crippen LogP contribution is 2.44. The van der Waals surface area contributed by atoms with Crippen LogP contribution < -0.4 is 10.6 Å². The lowest BCUT2D eigenvalue weighted by Gasteiger charge is -2.22. The Morgan fingerprint density at radius 3 is 2.09 bits per heavy atom. The number of hydrogen-bond donors (Lipinski definition) is 3. The maximum Gasteiger partial charge on any atom is 0.407 e. The van der Waals surface area contributed by atoms with Crippen molar-refractivity contribution in [1.29, 1.82) is 0 Å². The minimum atomic E-state index is -2.90. The Labute approximate surface area is 196 Å². The van der Waals surface area contributed by atoms with Crippen molar-refractivity contribution in [2.45, 2.75) is 57.0 Å². The summed E-state index contributed by atoms with van der Waals surface area (Å²) >= 11 is 0. The van der Waals surface area contributed by atoms with Crippen LogP contribution in [0.4, 0.5) is 13.6 Å². The van der Waals surface area contributed by atoms with E-state index in [0.717, 1.165) is 28.7 Å². The highest BCUT2D eigenvalue weighted by Gasteiger charge is 2.31. The van der Waals surface area contributed by atoms with Crippen LogP contribution in [0.3, 0.4) is 0 Å². The molecule has 0 aliphatic heterocycles. The summed E-state index contributed by atoms with van der Waals surface area (Å²) in [5.41, 5.74) is 4.22. The number of benzene rings is 2. The maximum absolute atomic E-state index is 12.7. The van der Waals surface area contributed by atoms with E-state index in [2.05, 4.69) is 10.6 Å². The number of carboxylic acids is 1. The zero-order valence-electron chi connectivity index (χ0n) is 18.8. The normalized spacial score (nSPS) is 14.1. The largest absolute Gasteiger partial charge is 0.480 e. The highest BCUT2D eigenvalue weighted by atomic mass is 19.3. The Balaban J connectivity index is 1.65. The predicted octanol–water partition coefficient (Wildman–Crippen LogP) is 4.31. The van der Waals surface area contributed by atoms with Gasteiger partial charge in [-0.2, -0.15) is 0 Å². The van der Waals surface area contributed by atoms with E-state index in [4.69, 9.17) is 9.84 Å². The van der Waals surface area contributed by atoms with Crippen molar-refractivity contribution < 1.29 is 33.0 Å². The summed E-state index contributed by atoms with van der Waals surface area (Å²) < 4.78 is 30.8. The molecule has 2 unspecified atom stereocenters. The molecule has 0 spiro atoms. The number of alkyl carbamates (subject to hydrolysis) is 1. The summed E-state index contributed by atoms with van der Waals surface area (Å²) in [7, 11) is 0. The summed E-state index contributed by atoms with van der Waals surface area (Å²) in [6.07, 6.45) is -3.26. The average molecular weight is 475 g/mol. The first-order valence-electron chi connectivity index (χ1n) is 11.2. The number of carbonyl (C=O) groups excluding carboxylic acids is 2. The smallest absolute Gasteiger partial charge is 0.407 e. The molecule has 34 heavy (non-hydrogen) atoms. The number of alkyl halides is 2. The van der Waals surface area contributed by atoms with Gasteiger partial charge in [-0.05, 0) is 28.7 Å². The van der Waals surface area contributed by atoms with Crippen molar-refractivity contribution in [3.8, 4) is 11.1 Å². The van der Waals surface area contributed by atoms with Crippen LogP contribution in [-0.2, 0) is 14.3 Å². The molecule has 2 atom stereocenters. The maximum atomic E-state index is 12.7. The molecule has 7 nitrogen and oxygen atoms in total. The average Bonchev–Trinajstić information content (AvgIpc) is 3.13. The second-order valence-corrected chi connectivity index (χ2v) is 8.19. The van der Waals surface area contributed by atoms with Crippen molar-refractivity contribution in [3.63, 3.8) is 0 Å². The Morgan fingerprint density at radius 2 is 1.56 bits per heavy atom. The fourth-order valence-corrected chi connectivity index (χ4v) is 4.13. The van der Waals surface area contributed by atoms with Gasteiger partial charge in [0.05, 0.1) is 0 Å². The molecular weight excluding hydrogens is 446 g/mol. The second-order valence-electron chi connectivity index (χ2n) is 8.19. The SMILES string of the molecule is CCCCC(NC(=O)OCC1c2ccccc2-c2ccccc21)C(=O)NC(CC(F)F)C(=O)O. The Bertz CT molecular complexity index is 984. The van der Waals surface area contributed by atoms with E-state index >= 15 is 0 Å². The Hall–Kier alpha value is -3.49. The van der Waals surface area contributed by atoms with E-state index in [1.165, 1.54) is 0 Å². The van der Waals surface area contributed by atoms with E-state index < -0.39 is 42.9 Å². The number of aliphatic carboxylic acids is 1. The molecule has 3 N–H and O–H groups in total. The first kappa shape index (κ1) is 25.1. The molecule has 0 fully saturated rings. The van der Waals surface area contributed by atoms with Crippen LogP contribution in [-0.4, -0.2) is 48.2 Å². The molecule has 0 radical (unpaired) electrons. The van der Waals surface area contributed by atoms with Crippen molar-refractivity contribution in [2.75, 3.05) is 6.61 Å². The third-order valence-electron chi connectivity index (χ3n) is 5.83. The fourth-order valence-electron chi connectivity index (χ4n) is 4.13. The standard InChI is InChI=1S/C25H28F2N2O5/c1-2-3-12-20(23(30)28-21(24(31)32)13-22(26)27)29-25(33)34-14-19-17-10-6-4-8-15(17)16-9-5-7-11-18(16)19/h4-11,19-22H,2-3,12-14H2,1H3,(H,28,30)(H,29,33)(H,31,32). The monoisotopic (exact) mass is 474 g/mol. The molecule has 3 rings (SSSR count). The van der Waals surface area contributed by atoms with Crippen molar-refractivity contribution >= 4 is 18.0 Å². The third kappa shape index (κ3) is 6.09. The molecule has 2 aromatic rings. The van der Waals surface area contributed by atoms with Gasteiger partial charge in [0, 0.05) is 12.3 Å². The lowest BCUT2D eigenvalue weighted by atomic mass is 9.98. The number of unbranched alkanes of at least 4 members (excludes halogenated alkanes) is 1. The molecule has 9 heteroatoms. The van der Waals surface area contributed by atoms with Gasteiger partial charge in [-0.25, -0.2) is 18.4 Å². The summed E-state index contributed by atoms with van der Waals surface area (Å²) in [5.74, 6) is -2.57. The summed E-state index contributed by atoms with van der Waals surface area (Å²) in [5, 5.41) is 13.7. The molecule has 0 heterocycles. The van der Waals surface area contributed by atoms with Crippen LogP contribution in [0.2, 0.25) is 0 Å². The number of carboxylic acid groups (broad SMARTS) is 1. The number of halogens is 2. The molecule has 182 valence electrons. The van der Waals surface area contributed by atoms with Gasteiger partial charge in [-0.3, -0.25) is 4.79 Å². The Morgan fingerprint density at radius 1 is 0.971 bits per heavy atom. The number of amides is 2. The quantitative estimate of drug-likeness (QED) is 0.450. The first-order valence-corrected chi connectivity index (χ1v) is 11.2. The molecule has 0 aromatic heterocycles. The molecule has 1 aliphatic carbocycles. The van der Waals surface area contributed by atoms with Crippen molar-refractivity contribution in [1.82, 2.24) is 10.6 Å². The summed E-state index contributed by atoms with van der Waals surface area (Å²) in [6.45, 7) is 1.93. The first-order chi connectivity index (χ1) is 16.3. The highest BCUT2D eigenvalue weighted by molar-refractivity contribution is 5.89. The zero-order valence-corrected chi connectivity index (χ0v) is 18.8. The van der Waals surface area contributed by atoms with Gasteiger partial charge in [0.1, 0.15) is 18.7 Å². The van der Waals surface area contributed by atoms with Crippen LogP contribution >= 0.6 is 0 Å². The van der Waals surface area contributed by atoms with Crippen molar-refractivity contribution in [2.24, 2.45) is 0 Å². The molecular formula is C25H28F2N2O5. The van der Waals surface area contributed by atoms with Crippen LogP contribution in [0.5, 0.6) is 0 Å². The van der Waals surface area contributed by atoms with Crippen LogP contribution in [0.15, 0.2) is 48.5 Å². The molecule has 0 saturated carbocycles. The van der Waals surface area contributed by atoms with Gasteiger partial charge in [0.25, 0.3) is 0 Å². The van der Waals surface area contributed by atoms with Gasteiger partial charge >= 0.3 is 12.1 Å². The second kappa shape index (κ2) is 11.6. The molecule has 2 amide bonds. The molecule has 1 aliphatic rings. The molecule has 0 saturated heterocycles. The number of hydrogen-bond acceptors (Lipinski definition) is 4. The summed E-state index contributed by atoms with van der Waals surface area (Å²) in [6, 6.07) is 12.9. The lowest BCUT2D eigenvalue weighted by Crippen LogP contribution is -2.52. The van der Waals surface area contributed by atoms with Gasteiger partial charge in [-0.1, -0.05) is 68.3 Å². The van der Waals surface area contributed by atoms with Gasteiger partial charge in [0.15, 0.2) is 0 Å². The number of carbonyl (C=O) groups is 3. The van der Waals surface area contributed by atoms with E-state index in [-0.39, 0.29) is 18.9 Å². The zero-order chi connectivity index (χ0) is 24.7. The Kier molecular flexibility index (Phi) is 8.56. The number of fused-ring (bicyclic) bond motifs is 3. The minimum absolute atomic E-state index is 0.0467. The number of ether oxygens (including phenoxy) is 1. The number of rotatable bonds is 11. The van der Waals surface area contributed by atoms with Crippen LogP contribution in [0.1, 0.15) is 49.7 Å².